The van der Waals surface area contributed by atoms with Crippen molar-refractivity contribution >= 4 is 40.7 Å². The number of hydrogen-bond donors (Lipinski definition) is 4. The summed E-state index contributed by atoms with van der Waals surface area (Å²) in [6.45, 7) is 4.29. The Kier molecular flexibility index (Phi) is 7.30. The third kappa shape index (κ3) is 6.58. The lowest BCUT2D eigenvalue weighted by Crippen LogP contribution is -2.15. The fourth-order valence-corrected chi connectivity index (χ4v) is 3.27. The molecule has 9 heteroatoms. The minimum atomic E-state index is -0.673. The molecule has 0 aliphatic heterocycles. The number of aromatic nitrogens is 1. The summed E-state index contributed by atoms with van der Waals surface area (Å²) >= 11 is 1.61. The summed E-state index contributed by atoms with van der Waals surface area (Å²) in [6.07, 6.45) is 1.36. The highest BCUT2D eigenvalue weighted by Gasteiger charge is 2.11. The zero-order valence-electron chi connectivity index (χ0n) is 17.1. The highest BCUT2D eigenvalue weighted by Crippen LogP contribution is 2.25. The Hall–Kier alpha value is -3.33. The first-order valence-corrected chi connectivity index (χ1v) is 10.5. The normalized spacial score (nSPS) is 10.7. The van der Waals surface area contributed by atoms with E-state index in [4.69, 9.17) is 5.73 Å². The van der Waals surface area contributed by atoms with Gasteiger partial charge in [0.25, 0.3) is 5.91 Å². The Labute approximate surface area is 183 Å². The first-order chi connectivity index (χ1) is 14.8. The van der Waals surface area contributed by atoms with Gasteiger partial charge in [0.1, 0.15) is 17.5 Å². The van der Waals surface area contributed by atoms with Crippen LogP contribution in [0.1, 0.15) is 29.8 Å². The molecule has 0 fully saturated rings. The van der Waals surface area contributed by atoms with E-state index in [1.807, 2.05) is 24.3 Å². The average molecular weight is 444 g/mol. The van der Waals surface area contributed by atoms with E-state index < -0.39 is 17.5 Å². The van der Waals surface area contributed by atoms with Gasteiger partial charge in [-0.1, -0.05) is 19.9 Å². The molecule has 0 aliphatic rings. The van der Waals surface area contributed by atoms with Gasteiger partial charge in [-0.3, -0.25) is 4.79 Å². The van der Waals surface area contributed by atoms with Gasteiger partial charge in [-0.2, -0.15) is 0 Å². The Morgan fingerprint density at radius 2 is 1.81 bits per heavy atom. The molecule has 0 spiro atoms. The number of primary amides is 1. The van der Waals surface area contributed by atoms with Crippen molar-refractivity contribution in [3.8, 4) is 0 Å². The highest BCUT2D eigenvalue weighted by molar-refractivity contribution is 8.01. The summed E-state index contributed by atoms with van der Waals surface area (Å²) < 4.78 is 30.1. The van der Waals surface area contributed by atoms with E-state index in [1.54, 1.807) is 18.0 Å². The Bertz CT molecular complexity index is 1060. The minimum Gasteiger partial charge on any atom is -0.380 e. The molecular formula is C22H23F2N5OS. The predicted octanol–water partition coefficient (Wildman–Crippen LogP) is 5.28. The molecule has 0 saturated carbocycles. The number of anilines is 4. The molecule has 1 amide bonds. The number of hydrogen-bond acceptors (Lipinski definition) is 6. The number of carbonyl (C=O) groups excluding carboxylic acids is 1. The average Bonchev–Trinajstić information content (AvgIpc) is 2.70. The van der Waals surface area contributed by atoms with Crippen molar-refractivity contribution in [1.82, 2.24) is 4.98 Å². The number of rotatable bonds is 9. The lowest BCUT2D eigenvalue weighted by molar-refractivity contribution is 0.100. The molecule has 6 nitrogen and oxygen atoms in total. The second kappa shape index (κ2) is 10.1. The van der Waals surface area contributed by atoms with Crippen molar-refractivity contribution in [3.63, 3.8) is 0 Å². The Morgan fingerprint density at radius 3 is 2.48 bits per heavy atom. The zero-order valence-corrected chi connectivity index (χ0v) is 17.9. The molecule has 3 rings (SSSR count). The lowest BCUT2D eigenvalue weighted by Gasteiger charge is -2.14. The molecule has 0 aliphatic carbocycles. The topological polar surface area (TPSA) is 92.1 Å². The number of pyridine rings is 1. The predicted molar refractivity (Wildman–Crippen MR) is 123 cm³/mol. The van der Waals surface area contributed by atoms with Crippen LogP contribution in [0.25, 0.3) is 0 Å². The van der Waals surface area contributed by atoms with Crippen LogP contribution in [0.4, 0.5) is 31.7 Å². The van der Waals surface area contributed by atoms with Crippen molar-refractivity contribution < 1.29 is 13.6 Å². The highest BCUT2D eigenvalue weighted by atomic mass is 32.2. The number of benzene rings is 2. The van der Waals surface area contributed by atoms with Gasteiger partial charge < -0.3 is 21.1 Å². The van der Waals surface area contributed by atoms with E-state index in [2.05, 4.69) is 34.2 Å². The number of halogens is 2. The van der Waals surface area contributed by atoms with E-state index in [1.165, 1.54) is 18.3 Å². The standard InChI is InChI=1S/C22H23F2N5OS/c1-13(2)31-29-18-5-3-4-17(9-18)28-21-10-20(19(12-27-21)22(25)30)26-11-14-6-15(23)8-16(24)7-14/h3-10,12-13,29H,11H2,1-2H3,(H2,25,30)(H2,26,27,28). The van der Waals surface area contributed by atoms with Crippen molar-refractivity contribution in [2.75, 3.05) is 15.4 Å². The third-order valence-electron chi connectivity index (χ3n) is 4.12. The number of carbonyl (C=O) groups is 1. The summed E-state index contributed by atoms with van der Waals surface area (Å²) in [7, 11) is 0. The second-order valence-corrected chi connectivity index (χ2v) is 8.47. The first kappa shape index (κ1) is 22.4. The van der Waals surface area contributed by atoms with Crippen molar-refractivity contribution in [1.29, 1.82) is 0 Å². The van der Waals surface area contributed by atoms with Gasteiger partial charge >= 0.3 is 0 Å². The molecule has 2 aromatic carbocycles. The van der Waals surface area contributed by atoms with E-state index in [-0.39, 0.29) is 12.1 Å². The van der Waals surface area contributed by atoms with E-state index >= 15 is 0 Å². The Morgan fingerprint density at radius 1 is 1.10 bits per heavy atom. The van der Waals surface area contributed by atoms with E-state index in [9.17, 15) is 13.6 Å². The molecule has 5 N–H and O–H groups in total. The number of nitrogens with two attached hydrogens (primary N) is 1. The Balaban J connectivity index is 1.78. The van der Waals surface area contributed by atoms with Crippen molar-refractivity contribution in [3.05, 3.63) is 77.5 Å². The molecule has 0 unspecified atom stereocenters. The summed E-state index contributed by atoms with van der Waals surface area (Å²) in [4.78, 5) is 16.0. The van der Waals surface area contributed by atoms with Crippen LogP contribution in [-0.4, -0.2) is 16.1 Å². The van der Waals surface area contributed by atoms with E-state index in [0.717, 1.165) is 17.4 Å². The van der Waals surface area contributed by atoms with Crippen LogP contribution in [0.2, 0.25) is 0 Å². The number of amides is 1. The van der Waals surface area contributed by atoms with Crippen LogP contribution in [0.3, 0.4) is 0 Å². The smallest absolute Gasteiger partial charge is 0.252 e. The molecule has 1 aromatic heterocycles. The maximum absolute atomic E-state index is 13.4. The summed E-state index contributed by atoms with van der Waals surface area (Å²) in [5.41, 5.74) is 8.14. The minimum absolute atomic E-state index is 0.101. The summed E-state index contributed by atoms with van der Waals surface area (Å²) in [5.74, 6) is -1.53. The molecule has 3 aromatic rings. The van der Waals surface area contributed by atoms with Crippen LogP contribution >= 0.6 is 11.9 Å². The van der Waals surface area contributed by atoms with Gasteiger partial charge in [-0.05, 0) is 47.8 Å². The molecule has 162 valence electrons. The molecule has 0 bridgehead atoms. The first-order valence-electron chi connectivity index (χ1n) is 9.57. The van der Waals surface area contributed by atoms with Crippen LogP contribution in [-0.2, 0) is 6.54 Å². The molecule has 0 atom stereocenters. The molecule has 31 heavy (non-hydrogen) atoms. The molecular weight excluding hydrogens is 420 g/mol. The SMILES string of the molecule is CC(C)SNc1cccc(Nc2cc(NCc3cc(F)cc(F)c3)c(C(N)=O)cn2)c1. The van der Waals surface area contributed by atoms with Crippen LogP contribution in [0, 0.1) is 11.6 Å². The van der Waals surface area contributed by atoms with Gasteiger partial charge in [-0.25, -0.2) is 13.8 Å². The second-order valence-electron chi connectivity index (χ2n) is 7.09. The third-order valence-corrected chi connectivity index (χ3v) is 4.95. The largest absolute Gasteiger partial charge is 0.380 e. The van der Waals surface area contributed by atoms with Gasteiger partial charge in [0, 0.05) is 41.5 Å². The lowest BCUT2D eigenvalue weighted by atomic mass is 10.1. The van der Waals surface area contributed by atoms with Gasteiger partial charge in [0.15, 0.2) is 0 Å². The van der Waals surface area contributed by atoms with Gasteiger partial charge in [0.05, 0.1) is 11.3 Å². The summed E-state index contributed by atoms with van der Waals surface area (Å²) in [5, 5.41) is 6.62. The van der Waals surface area contributed by atoms with Crippen LogP contribution in [0.15, 0.2) is 54.7 Å². The maximum Gasteiger partial charge on any atom is 0.252 e. The molecule has 0 saturated heterocycles. The van der Waals surface area contributed by atoms with Gasteiger partial charge in [-0.15, -0.1) is 0 Å². The van der Waals surface area contributed by atoms with E-state index in [0.29, 0.717) is 22.3 Å². The number of nitrogens with zero attached hydrogens (tertiary/aromatic N) is 1. The van der Waals surface area contributed by atoms with Crippen LogP contribution < -0.4 is 21.1 Å². The fraction of sp³-hybridized carbons (Fsp3) is 0.182. The molecule has 1 heterocycles. The maximum atomic E-state index is 13.4. The fourth-order valence-electron chi connectivity index (χ4n) is 2.77. The quantitative estimate of drug-likeness (QED) is 0.336. The summed E-state index contributed by atoms with van der Waals surface area (Å²) in [6, 6.07) is 12.5. The van der Waals surface area contributed by atoms with Crippen molar-refractivity contribution in [2.24, 2.45) is 5.73 Å². The monoisotopic (exact) mass is 443 g/mol. The van der Waals surface area contributed by atoms with Crippen LogP contribution in [0.5, 0.6) is 0 Å². The van der Waals surface area contributed by atoms with Crippen molar-refractivity contribution in [2.45, 2.75) is 25.6 Å². The zero-order chi connectivity index (χ0) is 22.4. The molecule has 0 radical (unpaired) electrons. The van der Waals surface area contributed by atoms with Gasteiger partial charge in [0.2, 0.25) is 0 Å². The number of nitrogens with one attached hydrogen (secondary N) is 3.